The van der Waals surface area contributed by atoms with Gasteiger partial charge in [0.05, 0.1) is 19.9 Å². The second kappa shape index (κ2) is 2.84. The average Bonchev–Trinajstić information content (AvgIpc) is 2.59. The van der Waals surface area contributed by atoms with E-state index in [-0.39, 0.29) is 6.41 Å². The number of hydrogen-bond acceptors (Lipinski definition) is 4. The summed E-state index contributed by atoms with van der Waals surface area (Å²) in [4.78, 5) is 2.15. The predicted molar refractivity (Wildman–Crippen MR) is 35.3 cm³/mol. The molecule has 0 aliphatic carbocycles. The smallest absolute Gasteiger partial charge is 0.219 e. The van der Waals surface area contributed by atoms with Gasteiger partial charge in [-0.3, -0.25) is 0 Å². The molecule has 0 unspecified atom stereocenters. The van der Waals surface area contributed by atoms with E-state index in [0.29, 0.717) is 0 Å². The molecule has 0 aromatic carbocycles. The molecule has 10 heavy (non-hydrogen) atoms. The Morgan fingerprint density at radius 2 is 2.10 bits per heavy atom. The third-order valence-corrected chi connectivity index (χ3v) is 1.79. The van der Waals surface area contributed by atoms with E-state index < -0.39 is 0 Å². The van der Waals surface area contributed by atoms with Crippen LogP contribution in [-0.4, -0.2) is 44.3 Å². The maximum atomic E-state index is 5.30. The van der Waals surface area contributed by atoms with Crippen molar-refractivity contribution in [3.63, 3.8) is 0 Å². The van der Waals surface area contributed by atoms with E-state index in [0.717, 1.165) is 33.0 Å². The quantitative estimate of drug-likeness (QED) is 0.521. The van der Waals surface area contributed by atoms with Gasteiger partial charge in [0, 0.05) is 13.1 Å². The van der Waals surface area contributed by atoms with E-state index in [1.165, 1.54) is 0 Å². The van der Waals surface area contributed by atoms with Crippen molar-refractivity contribution in [1.29, 1.82) is 0 Å². The normalized spacial score (nSPS) is 30.0. The van der Waals surface area contributed by atoms with Crippen LogP contribution in [0.5, 0.6) is 0 Å². The molecule has 0 spiro atoms. The van der Waals surface area contributed by atoms with Gasteiger partial charge in [0.1, 0.15) is 0 Å². The molecular formula is C6H12N2O2. The lowest BCUT2D eigenvalue weighted by molar-refractivity contribution is -0.144. The summed E-state index contributed by atoms with van der Waals surface area (Å²) in [5.74, 6) is 0. The minimum absolute atomic E-state index is 0.0741. The van der Waals surface area contributed by atoms with Gasteiger partial charge in [0.2, 0.25) is 6.41 Å². The molecule has 0 amide bonds. The first-order valence-corrected chi connectivity index (χ1v) is 3.65. The van der Waals surface area contributed by atoms with Gasteiger partial charge in [0.15, 0.2) is 0 Å². The van der Waals surface area contributed by atoms with Crippen LogP contribution in [-0.2, 0) is 9.47 Å². The topological polar surface area (TPSA) is 33.7 Å². The number of nitrogens with zero attached hydrogens (tertiary/aromatic N) is 1. The second-order valence-electron chi connectivity index (χ2n) is 2.52. The molecule has 4 nitrogen and oxygen atoms in total. The molecule has 2 saturated heterocycles. The molecule has 0 radical (unpaired) electrons. The highest BCUT2D eigenvalue weighted by atomic mass is 16.7. The maximum Gasteiger partial charge on any atom is 0.219 e. The van der Waals surface area contributed by atoms with Gasteiger partial charge in [-0.2, -0.15) is 0 Å². The Kier molecular flexibility index (Phi) is 1.86. The number of hydrogen-bond donors (Lipinski definition) is 1. The first kappa shape index (κ1) is 6.54. The van der Waals surface area contributed by atoms with Gasteiger partial charge in [-0.15, -0.1) is 0 Å². The second-order valence-corrected chi connectivity index (χ2v) is 2.52. The van der Waals surface area contributed by atoms with Gasteiger partial charge in [-0.25, -0.2) is 4.90 Å². The van der Waals surface area contributed by atoms with Crippen molar-refractivity contribution in [1.82, 2.24) is 10.2 Å². The molecule has 58 valence electrons. The van der Waals surface area contributed by atoms with E-state index in [2.05, 4.69) is 10.2 Å². The Morgan fingerprint density at radius 1 is 1.30 bits per heavy atom. The Hall–Kier alpha value is -0.160. The van der Waals surface area contributed by atoms with Gasteiger partial charge < -0.3 is 14.8 Å². The number of rotatable bonds is 1. The summed E-state index contributed by atoms with van der Waals surface area (Å²) in [6.07, 6.45) is -0.0741. The van der Waals surface area contributed by atoms with Crippen molar-refractivity contribution in [2.45, 2.75) is 6.41 Å². The fourth-order valence-electron chi connectivity index (χ4n) is 1.26. The molecule has 0 saturated carbocycles. The van der Waals surface area contributed by atoms with Crippen LogP contribution in [0.25, 0.3) is 0 Å². The highest BCUT2D eigenvalue weighted by Crippen LogP contribution is 2.09. The summed E-state index contributed by atoms with van der Waals surface area (Å²) in [5.41, 5.74) is 0. The summed E-state index contributed by atoms with van der Waals surface area (Å²) in [5, 5.41) is 3.22. The summed E-state index contributed by atoms with van der Waals surface area (Å²) in [6.45, 7) is 4.45. The zero-order valence-corrected chi connectivity index (χ0v) is 5.88. The first-order chi connectivity index (χ1) is 4.97. The van der Waals surface area contributed by atoms with Gasteiger partial charge >= 0.3 is 0 Å². The summed E-state index contributed by atoms with van der Waals surface area (Å²) < 4.78 is 10.6. The molecule has 0 aromatic heterocycles. The molecule has 4 heteroatoms. The van der Waals surface area contributed by atoms with Crippen LogP contribution < -0.4 is 5.32 Å². The van der Waals surface area contributed by atoms with Crippen molar-refractivity contribution in [3.8, 4) is 0 Å². The average molecular weight is 144 g/mol. The van der Waals surface area contributed by atoms with Crippen LogP contribution >= 0.6 is 0 Å². The van der Waals surface area contributed by atoms with Crippen LogP contribution in [0.2, 0.25) is 0 Å². The minimum atomic E-state index is -0.0741. The van der Waals surface area contributed by atoms with Crippen LogP contribution in [0.1, 0.15) is 0 Å². The molecule has 0 aromatic rings. The molecule has 0 atom stereocenters. The lowest BCUT2D eigenvalue weighted by Crippen LogP contribution is -2.34. The SMILES string of the molecule is C1CN(C2OCCO2)CN1. The van der Waals surface area contributed by atoms with Gasteiger partial charge in [-0.05, 0) is 0 Å². The van der Waals surface area contributed by atoms with Crippen LogP contribution in [0.15, 0.2) is 0 Å². The summed E-state index contributed by atoms with van der Waals surface area (Å²) in [6, 6.07) is 0. The van der Waals surface area contributed by atoms with Crippen LogP contribution in [0.4, 0.5) is 0 Å². The molecule has 1 N–H and O–H groups in total. The standard InChI is InChI=1S/C6H12N2O2/c1-2-8(5-7-1)6-9-3-4-10-6/h6-7H,1-5H2. The molecule has 2 heterocycles. The third-order valence-electron chi connectivity index (χ3n) is 1.79. The molecule has 2 aliphatic heterocycles. The molecular weight excluding hydrogens is 132 g/mol. The van der Waals surface area contributed by atoms with Crippen LogP contribution in [0, 0.1) is 0 Å². The highest BCUT2D eigenvalue weighted by molar-refractivity contribution is 4.66. The van der Waals surface area contributed by atoms with Gasteiger partial charge in [0.25, 0.3) is 0 Å². The van der Waals surface area contributed by atoms with E-state index in [1.807, 2.05) is 0 Å². The lowest BCUT2D eigenvalue weighted by Gasteiger charge is -2.19. The minimum Gasteiger partial charge on any atom is -0.337 e. The monoisotopic (exact) mass is 144 g/mol. The Bertz CT molecular complexity index is 94.3. The van der Waals surface area contributed by atoms with Crippen molar-refractivity contribution < 1.29 is 9.47 Å². The first-order valence-electron chi connectivity index (χ1n) is 3.65. The van der Waals surface area contributed by atoms with Crippen molar-refractivity contribution in [2.75, 3.05) is 33.0 Å². The molecule has 0 bridgehead atoms. The third kappa shape index (κ3) is 1.15. The largest absolute Gasteiger partial charge is 0.337 e. The van der Waals surface area contributed by atoms with Crippen molar-refractivity contribution in [2.24, 2.45) is 0 Å². The highest BCUT2D eigenvalue weighted by Gasteiger charge is 2.25. The Balaban J connectivity index is 1.85. The Labute approximate surface area is 60.1 Å². The lowest BCUT2D eigenvalue weighted by atomic mass is 10.6. The van der Waals surface area contributed by atoms with E-state index in [4.69, 9.17) is 9.47 Å². The number of ether oxygens (including phenoxy) is 2. The van der Waals surface area contributed by atoms with E-state index in [9.17, 15) is 0 Å². The zero-order chi connectivity index (χ0) is 6.81. The van der Waals surface area contributed by atoms with Crippen molar-refractivity contribution >= 4 is 0 Å². The maximum absolute atomic E-state index is 5.30. The van der Waals surface area contributed by atoms with Crippen molar-refractivity contribution in [3.05, 3.63) is 0 Å². The van der Waals surface area contributed by atoms with E-state index >= 15 is 0 Å². The summed E-state index contributed by atoms with van der Waals surface area (Å²) in [7, 11) is 0. The van der Waals surface area contributed by atoms with Crippen LogP contribution in [0.3, 0.4) is 0 Å². The summed E-state index contributed by atoms with van der Waals surface area (Å²) >= 11 is 0. The predicted octanol–water partition coefficient (Wildman–Crippen LogP) is -0.821. The molecule has 2 aliphatic rings. The fraction of sp³-hybridized carbons (Fsp3) is 1.00. The molecule has 2 fully saturated rings. The fourth-order valence-corrected chi connectivity index (χ4v) is 1.26. The van der Waals surface area contributed by atoms with E-state index in [1.54, 1.807) is 0 Å². The number of nitrogens with one attached hydrogen (secondary N) is 1. The Morgan fingerprint density at radius 3 is 2.70 bits per heavy atom. The zero-order valence-electron chi connectivity index (χ0n) is 5.88. The van der Waals surface area contributed by atoms with Gasteiger partial charge in [-0.1, -0.05) is 0 Å². The molecule has 2 rings (SSSR count).